The quantitative estimate of drug-likeness (QED) is 0.807. The Hall–Kier alpha value is -1.91. The first kappa shape index (κ1) is 12.1. The molecular weight excluding hydrogens is 246 g/mol. The molecular formula is C14H17NO4. The van der Waals surface area contributed by atoms with Crippen molar-refractivity contribution in [1.82, 2.24) is 0 Å². The van der Waals surface area contributed by atoms with Gasteiger partial charge in [0.15, 0.2) is 11.5 Å². The van der Waals surface area contributed by atoms with Crippen molar-refractivity contribution >= 4 is 11.7 Å². The number of aromatic hydroxyl groups is 1. The Labute approximate surface area is 111 Å². The van der Waals surface area contributed by atoms with Crippen molar-refractivity contribution in [3.63, 3.8) is 0 Å². The third-order valence-electron chi connectivity index (χ3n) is 4.02. The van der Waals surface area contributed by atoms with Gasteiger partial charge in [0.1, 0.15) is 0 Å². The third-order valence-corrected chi connectivity index (χ3v) is 4.02. The fourth-order valence-electron chi connectivity index (χ4n) is 3.07. The van der Waals surface area contributed by atoms with E-state index in [1.165, 1.54) is 0 Å². The summed E-state index contributed by atoms with van der Waals surface area (Å²) < 4.78 is 5.59. The van der Waals surface area contributed by atoms with Crippen LogP contribution in [0.4, 0.5) is 5.69 Å². The highest BCUT2D eigenvalue weighted by molar-refractivity contribution is 5.82. The van der Waals surface area contributed by atoms with E-state index in [0.717, 1.165) is 24.2 Å². The van der Waals surface area contributed by atoms with E-state index in [1.807, 2.05) is 11.9 Å². The fourth-order valence-corrected chi connectivity index (χ4v) is 3.07. The van der Waals surface area contributed by atoms with Gasteiger partial charge in [-0.2, -0.15) is 0 Å². The molecule has 2 heterocycles. The average molecular weight is 263 g/mol. The standard InChI is InChI=1S/C14H17NO4/c1-15-5-4-8-10(15)7-11(16)13-12(8)9(14(17)18)3-2-6-19-13/h7,9,16H,2-6H2,1H3,(H,17,18). The van der Waals surface area contributed by atoms with Crippen molar-refractivity contribution in [3.05, 3.63) is 17.2 Å². The first-order valence-electron chi connectivity index (χ1n) is 6.55. The summed E-state index contributed by atoms with van der Waals surface area (Å²) in [7, 11) is 1.95. The highest BCUT2D eigenvalue weighted by Crippen LogP contribution is 2.47. The van der Waals surface area contributed by atoms with Crippen molar-refractivity contribution in [2.75, 3.05) is 25.1 Å². The van der Waals surface area contributed by atoms with E-state index < -0.39 is 11.9 Å². The summed E-state index contributed by atoms with van der Waals surface area (Å²) in [6.45, 7) is 1.30. The van der Waals surface area contributed by atoms with Crippen LogP contribution in [0.2, 0.25) is 0 Å². The smallest absolute Gasteiger partial charge is 0.311 e. The fraction of sp³-hybridized carbons (Fsp3) is 0.500. The first-order valence-corrected chi connectivity index (χ1v) is 6.55. The van der Waals surface area contributed by atoms with Crippen molar-refractivity contribution in [3.8, 4) is 11.5 Å². The molecule has 5 nitrogen and oxygen atoms in total. The van der Waals surface area contributed by atoms with Gasteiger partial charge in [0.05, 0.1) is 12.5 Å². The van der Waals surface area contributed by atoms with Gasteiger partial charge < -0.3 is 19.8 Å². The summed E-state index contributed by atoms with van der Waals surface area (Å²) in [5, 5.41) is 19.6. The van der Waals surface area contributed by atoms with Crippen molar-refractivity contribution in [1.29, 1.82) is 0 Å². The second kappa shape index (κ2) is 4.33. The zero-order valence-electron chi connectivity index (χ0n) is 10.8. The molecule has 1 aromatic carbocycles. The van der Waals surface area contributed by atoms with Crippen LogP contribution in [-0.4, -0.2) is 36.4 Å². The predicted octanol–water partition coefficient (Wildman–Crippen LogP) is 1.73. The van der Waals surface area contributed by atoms with E-state index >= 15 is 0 Å². The molecule has 1 unspecified atom stereocenters. The SMILES string of the molecule is CN1CCc2c1cc(O)c1c2C(C(=O)O)CCCO1. The Morgan fingerprint density at radius 3 is 3.05 bits per heavy atom. The molecule has 0 spiro atoms. The number of aliphatic carboxylic acids is 1. The Kier molecular flexibility index (Phi) is 2.77. The number of likely N-dealkylation sites (N-methyl/N-ethyl adjacent to an activating group) is 1. The van der Waals surface area contributed by atoms with Crippen LogP contribution in [0.5, 0.6) is 11.5 Å². The van der Waals surface area contributed by atoms with Crippen LogP contribution in [0.15, 0.2) is 6.07 Å². The van der Waals surface area contributed by atoms with Gasteiger partial charge in [-0.25, -0.2) is 0 Å². The van der Waals surface area contributed by atoms with Crippen molar-refractivity contribution in [2.45, 2.75) is 25.2 Å². The van der Waals surface area contributed by atoms with Gasteiger partial charge in [-0.1, -0.05) is 0 Å². The summed E-state index contributed by atoms with van der Waals surface area (Å²) in [5.41, 5.74) is 2.63. The highest BCUT2D eigenvalue weighted by Gasteiger charge is 2.34. The van der Waals surface area contributed by atoms with Crippen molar-refractivity contribution in [2.24, 2.45) is 0 Å². The first-order chi connectivity index (χ1) is 9.09. The second-order valence-electron chi connectivity index (χ2n) is 5.19. The number of benzene rings is 1. The van der Waals surface area contributed by atoms with Gasteiger partial charge in [-0.05, 0) is 24.8 Å². The Balaban J connectivity index is 2.24. The van der Waals surface area contributed by atoms with Gasteiger partial charge in [0, 0.05) is 30.9 Å². The Morgan fingerprint density at radius 1 is 1.53 bits per heavy atom. The molecule has 0 aromatic heterocycles. The Bertz CT molecular complexity index is 541. The molecule has 3 rings (SSSR count). The number of hydrogen-bond donors (Lipinski definition) is 2. The topological polar surface area (TPSA) is 70.0 Å². The van der Waals surface area contributed by atoms with Crippen LogP contribution in [0.3, 0.4) is 0 Å². The number of phenols is 1. The lowest BCUT2D eigenvalue weighted by atomic mass is 9.89. The minimum atomic E-state index is -0.839. The summed E-state index contributed by atoms with van der Waals surface area (Å²) >= 11 is 0. The highest BCUT2D eigenvalue weighted by atomic mass is 16.5. The van der Waals surface area contributed by atoms with Crippen LogP contribution < -0.4 is 9.64 Å². The number of nitrogens with zero attached hydrogens (tertiary/aromatic N) is 1. The minimum absolute atomic E-state index is 0.0515. The van der Waals surface area contributed by atoms with E-state index in [-0.39, 0.29) is 5.75 Å². The van der Waals surface area contributed by atoms with Crippen LogP contribution in [-0.2, 0) is 11.2 Å². The third kappa shape index (κ3) is 1.80. The van der Waals surface area contributed by atoms with Crippen molar-refractivity contribution < 1.29 is 19.7 Å². The Morgan fingerprint density at radius 2 is 2.32 bits per heavy atom. The maximum absolute atomic E-state index is 11.5. The zero-order valence-corrected chi connectivity index (χ0v) is 10.8. The number of carboxylic acid groups (broad SMARTS) is 1. The second-order valence-corrected chi connectivity index (χ2v) is 5.19. The molecule has 2 aliphatic rings. The van der Waals surface area contributed by atoms with Crippen LogP contribution >= 0.6 is 0 Å². The minimum Gasteiger partial charge on any atom is -0.504 e. The molecule has 0 saturated heterocycles. The molecule has 0 amide bonds. The molecule has 19 heavy (non-hydrogen) atoms. The lowest BCUT2D eigenvalue weighted by Gasteiger charge is -2.19. The van der Waals surface area contributed by atoms with E-state index in [0.29, 0.717) is 30.8 Å². The number of ether oxygens (including phenoxy) is 1. The van der Waals surface area contributed by atoms with Gasteiger partial charge in [-0.3, -0.25) is 4.79 Å². The van der Waals surface area contributed by atoms with Gasteiger partial charge in [0.2, 0.25) is 0 Å². The molecule has 0 radical (unpaired) electrons. The number of hydrogen-bond acceptors (Lipinski definition) is 4. The molecule has 5 heteroatoms. The monoisotopic (exact) mass is 263 g/mol. The number of anilines is 1. The van der Waals surface area contributed by atoms with E-state index in [4.69, 9.17) is 4.74 Å². The van der Waals surface area contributed by atoms with Crippen LogP contribution in [0, 0.1) is 0 Å². The molecule has 0 aliphatic carbocycles. The molecule has 0 bridgehead atoms. The number of carbonyl (C=O) groups is 1. The molecule has 102 valence electrons. The van der Waals surface area contributed by atoms with Crippen LogP contribution in [0.25, 0.3) is 0 Å². The van der Waals surface area contributed by atoms with E-state index in [9.17, 15) is 15.0 Å². The maximum Gasteiger partial charge on any atom is 0.311 e. The lowest BCUT2D eigenvalue weighted by Crippen LogP contribution is -2.13. The normalized spacial score (nSPS) is 21.3. The number of carboxylic acids is 1. The maximum atomic E-state index is 11.5. The molecule has 2 aliphatic heterocycles. The summed E-state index contributed by atoms with van der Waals surface area (Å²) in [6.07, 6.45) is 2.05. The zero-order chi connectivity index (χ0) is 13.6. The number of phenolic OH excluding ortho intramolecular Hbond substituents is 1. The number of fused-ring (bicyclic) bond motifs is 3. The summed E-state index contributed by atoms with van der Waals surface area (Å²) in [4.78, 5) is 13.6. The molecule has 0 saturated carbocycles. The summed E-state index contributed by atoms with van der Waals surface area (Å²) in [6, 6.07) is 1.69. The average Bonchev–Trinajstić information content (AvgIpc) is 2.63. The molecule has 1 aromatic rings. The van der Waals surface area contributed by atoms with Crippen LogP contribution in [0.1, 0.15) is 29.9 Å². The van der Waals surface area contributed by atoms with E-state index in [1.54, 1.807) is 6.07 Å². The molecule has 2 N–H and O–H groups in total. The lowest BCUT2D eigenvalue weighted by molar-refractivity contribution is -0.138. The largest absolute Gasteiger partial charge is 0.504 e. The number of rotatable bonds is 1. The van der Waals surface area contributed by atoms with Gasteiger partial charge >= 0.3 is 5.97 Å². The van der Waals surface area contributed by atoms with Gasteiger partial charge in [-0.15, -0.1) is 0 Å². The van der Waals surface area contributed by atoms with E-state index in [2.05, 4.69) is 0 Å². The molecule has 0 fully saturated rings. The van der Waals surface area contributed by atoms with Gasteiger partial charge in [0.25, 0.3) is 0 Å². The summed E-state index contributed by atoms with van der Waals surface area (Å²) in [5.74, 6) is -0.992. The predicted molar refractivity (Wildman–Crippen MR) is 70.2 cm³/mol. The molecule has 1 atom stereocenters.